The average Bonchev–Trinajstić information content (AvgIpc) is 2.89. The maximum atomic E-state index is 4.59. The molecule has 1 saturated carbocycles. The minimum absolute atomic E-state index is 0.449. The van der Waals surface area contributed by atoms with Crippen molar-refractivity contribution in [2.75, 3.05) is 12.8 Å². The molecule has 19 heavy (non-hydrogen) atoms. The first-order chi connectivity index (χ1) is 9.15. The minimum atomic E-state index is 0.449. The number of thioether (sulfide) groups is 1. The van der Waals surface area contributed by atoms with Crippen LogP contribution < -0.4 is 5.32 Å². The van der Waals surface area contributed by atoms with E-state index in [1.165, 1.54) is 32.1 Å². The van der Waals surface area contributed by atoms with Crippen LogP contribution >= 0.6 is 11.8 Å². The molecule has 1 aliphatic carbocycles. The summed E-state index contributed by atoms with van der Waals surface area (Å²) in [6.45, 7) is 6.33. The average molecular weight is 281 g/mol. The van der Waals surface area contributed by atoms with Gasteiger partial charge < -0.3 is 5.32 Å². The van der Waals surface area contributed by atoms with E-state index in [1.54, 1.807) is 0 Å². The van der Waals surface area contributed by atoms with Crippen molar-refractivity contribution < 1.29 is 0 Å². The van der Waals surface area contributed by atoms with Crippen molar-refractivity contribution in [3.05, 3.63) is 18.0 Å². The molecule has 2 rings (SSSR count). The molecule has 1 aromatic rings. The molecule has 0 amide bonds. The Hall–Kier alpha value is -0.480. The van der Waals surface area contributed by atoms with Crippen molar-refractivity contribution in [3.8, 4) is 0 Å². The number of rotatable bonds is 6. The van der Waals surface area contributed by atoms with Crippen LogP contribution in [0.15, 0.2) is 12.3 Å². The van der Waals surface area contributed by atoms with Crippen LogP contribution in [-0.2, 0) is 6.54 Å². The van der Waals surface area contributed by atoms with Crippen LogP contribution in [0, 0.1) is 0 Å². The summed E-state index contributed by atoms with van der Waals surface area (Å²) in [5, 5.41) is 8.21. The van der Waals surface area contributed by atoms with Gasteiger partial charge in [-0.25, -0.2) is 0 Å². The highest BCUT2D eigenvalue weighted by Gasteiger charge is 2.30. The second-order valence-electron chi connectivity index (χ2n) is 5.93. The smallest absolute Gasteiger partial charge is 0.0762 e. The zero-order valence-electron chi connectivity index (χ0n) is 12.5. The summed E-state index contributed by atoms with van der Waals surface area (Å²) < 4.78 is 2.50. The fourth-order valence-corrected chi connectivity index (χ4v) is 3.77. The van der Waals surface area contributed by atoms with Crippen molar-refractivity contribution in [1.29, 1.82) is 0 Å². The van der Waals surface area contributed by atoms with Gasteiger partial charge in [0.15, 0.2) is 0 Å². The second-order valence-corrected chi connectivity index (χ2v) is 7.21. The van der Waals surface area contributed by atoms with Crippen LogP contribution in [0.4, 0.5) is 0 Å². The van der Waals surface area contributed by atoms with Gasteiger partial charge in [0.25, 0.3) is 0 Å². The van der Waals surface area contributed by atoms with Gasteiger partial charge in [0.2, 0.25) is 0 Å². The molecular weight excluding hydrogens is 254 g/mol. The Morgan fingerprint density at radius 1 is 1.37 bits per heavy atom. The van der Waals surface area contributed by atoms with Gasteiger partial charge in [-0.2, -0.15) is 16.9 Å². The lowest BCUT2D eigenvalue weighted by Gasteiger charge is -2.36. The molecule has 0 spiro atoms. The van der Waals surface area contributed by atoms with Crippen LogP contribution in [0.2, 0.25) is 0 Å². The summed E-state index contributed by atoms with van der Waals surface area (Å²) in [5.74, 6) is 0. The number of nitrogens with zero attached hydrogens (tertiary/aromatic N) is 2. The molecule has 0 bridgehead atoms. The lowest BCUT2D eigenvalue weighted by molar-refractivity contribution is 0.378. The van der Waals surface area contributed by atoms with E-state index in [-0.39, 0.29) is 0 Å². The molecule has 0 aliphatic heterocycles. The van der Waals surface area contributed by atoms with E-state index < -0.39 is 0 Å². The van der Waals surface area contributed by atoms with Crippen molar-refractivity contribution >= 4 is 11.8 Å². The quantitative estimate of drug-likeness (QED) is 0.863. The monoisotopic (exact) mass is 281 g/mol. The zero-order valence-corrected chi connectivity index (χ0v) is 13.3. The fourth-order valence-electron chi connectivity index (χ4n) is 2.83. The van der Waals surface area contributed by atoms with Crippen molar-refractivity contribution in [2.45, 2.75) is 63.3 Å². The Bertz CT molecular complexity index is 380. The van der Waals surface area contributed by atoms with Crippen molar-refractivity contribution in [3.63, 3.8) is 0 Å². The van der Waals surface area contributed by atoms with E-state index in [9.17, 15) is 0 Å². The summed E-state index contributed by atoms with van der Waals surface area (Å²) >= 11 is 2.05. The van der Waals surface area contributed by atoms with Crippen LogP contribution in [0.3, 0.4) is 0 Å². The van der Waals surface area contributed by atoms with Gasteiger partial charge in [-0.1, -0.05) is 19.3 Å². The number of aromatic nitrogens is 2. The highest BCUT2D eigenvalue weighted by molar-refractivity contribution is 8.00. The topological polar surface area (TPSA) is 29.9 Å². The van der Waals surface area contributed by atoms with Crippen LogP contribution in [0.25, 0.3) is 0 Å². The fraction of sp³-hybridized carbons (Fsp3) is 0.800. The summed E-state index contributed by atoms with van der Waals surface area (Å²) in [6.07, 6.45) is 11.3. The number of nitrogens with one attached hydrogen (secondary N) is 1. The molecule has 0 atom stereocenters. The van der Waals surface area contributed by atoms with E-state index in [0.717, 1.165) is 18.8 Å². The molecule has 1 aliphatic rings. The summed E-state index contributed by atoms with van der Waals surface area (Å²) in [5.41, 5.74) is 1.15. The van der Waals surface area contributed by atoms with Gasteiger partial charge in [-0.15, -0.1) is 0 Å². The normalized spacial score (nSPS) is 18.9. The molecule has 1 fully saturated rings. The maximum absolute atomic E-state index is 4.59. The summed E-state index contributed by atoms with van der Waals surface area (Å²) in [6, 6.07) is 2.57. The Morgan fingerprint density at radius 3 is 2.68 bits per heavy atom. The third kappa shape index (κ3) is 3.99. The SMILES string of the molecule is CSC1(CNCc2ccn(C(C)C)n2)CCCCC1. The molecule has 1 aromatic heterocycles. The zero-order chi connectivity index (χ0) is 13.7. The van der Waals surface area contributed by atoms with Gasteiger partial charge in [0.1, 0.15) is 0 Å². The molecule has 4 heteroatoms. The van der Waals surface area contributed by atoms with E-state index in [2.05, 4.69) is 54.5 Å². The van der Waals surface area contributed by atoms with E-state index in [1.807, 2.05) is 4.68 Å². The van der Waals surface area contributed by atoms with Gasteiger partial charge in [0, 0.05) is 30.1 Å². The third-order valence-electron chi connectivity index (χ3n) is 4.14. The van der Waals surface area contributed by atoms with Crippen LogP contribution in [0.1, 0.15) is 57.7 Å². The third-order valence-corrected chi connectivity index (χ3v) is 5.56. The number of hydrogen-bond donors (Lipinski definition) is 1. The highest BCUT2D eigenvalue weighted by Crippen LogP contribution is 2.37. The predicted molar refractivity (Wildman–Crippen MR) is 83.6 cm³/mol. The molecule has 0 aromatic carbocycles. The summed E-state index contributed by atoms with van der Waals surface area (Å²) in [7, 11) is 0. The number of hydrogen-bond acceptors (Lipinski definition) is 3. The van der Waals surface area contributed by atoms with Gasteiger partial charge in [-0.3, -0.25) is 4.68 Å². The molecular formula is C15H27N3S. The lowest BCUT2D eigenvalue weighted by Crippen LogP contribution is -2.39. The summed E-state index contributed by atoms with van der Waals surface area (Å²) in [4.78, 5) is 0. The standard InChI is InChI=1S/C15H27N3S/c1-13(2)18-10-7-14(17-18)11-16-12-15(19-3)8-5-4-6-9-15/h7,10,13,16H,4-6,8-9,11-12H2,1-3H3. The van der Waals surface area contributed by atoms with E-state index >= 15 is 0 Å². The van der Waals surface area contributed by atoms with E-state index in [4.69, 9.17) is 0 Å². The first-order valence-electron chi connectivity index (χ1n) is 7.45. The molecule has 108 valence electrons. The van der Waals surface area contributed by atoms with E-state index in [0.29, 0.717) is 10.8 Å². The molecule has 0 radical (unpaired) electrons. The minimum Gasteiger partial charge on any atom is -0.310 e. The lowest BCUT2D eigenvalue weighted by atomic mass is 9.88. The van der Waals surface area contributed by atoms with Gasteiger partial charge >= 0.3 is 0 Å². The molecule has 1 heterocycles. The largest absolute Gasteiger partial charge is 0.310 e. The molecule has 0 saturated heterocycles. The van der Waals surface area contributed by atoms with Crippen molar-refractivity contribution in [2.24, 2.45) is 0 Å². The Morgan fingerprint density at radius 2 is 2.11 bits per heavy atom. The molecule has 1 N–H and O–H groups in total. The second kappa shape index (κ2) is 6.80. The highest BCUT2D eigenvalue weighted by atomic mass is 32.2. The maximum Gasteiger partial charge on any atom is 0.0762 e. The Balaban J connectivity index is 1.81. The van der Waals surface area contributed by atoms with Gasteiger partial charge in [0.05, 0.1) is 5.69 Å². The van der Waals surface area contributed by atoms with Crippen LogP contribution in [0.5, 0.6) is 0 Å². The Kier molecular flexibility index (Phi) is 5.34. The molecule has 0 unspecified atom stereocenters. The Labute approximate surface area is 121 Å². The predicted octanol–water partition coefficient (Wildman–Crippen LogP) is 3.62. The van der Waals surface area contributed by atoms with Gasteiger partial charge in [-0.05, 0) is 39.0 Å². The first kappa shape index (κ1) is 14.9. The molecule has 3 nitrogen and oxygen atoms in total. The van der Waals surface area contributed by atoms with Crippen molar-refractivity contribution in [1.82, 2.24) is 15.1 Å². The van der Waals surface area contributed by atoms with Crippen LogP contribution in [-0.4, -0.2) is 27.3 Å². The first-order valence-corrected chi connectivity index (χ1v) is 8.68.